The number of hydrogen-bond donors (Lipinski definition) is 2. The Morgan fingerprint density at radius 3 is 2.55 bits per heavy atom. The minimum absolute atomic E-state index is 0.0499. The molecule has 0 saturated heterocycles. The molecule has 3 heteroatoms. The van der Waals surface area contributed by atoms with Crippen LogP contribution in [0.3, 0.4) is 0 Å². The molecular formula is C17H26N2O. The van der Waals surface area contributed by atoms with Gasteiger partial charge in [0.25, 0.3) is 5.91 Å². The van der Waals surface area contributed by atoms with Crippen molar-refractivity contribution in [2.75, 3.05) is 12.4 Å². The van der Waals surface area contributed by atoms with Gasteiger partial charge < -0.3 is 10.6 Å². The summed E-state index contributed by atoms with van der Waals surface area (Å²) in [6, 6.07) is 8.02. The third-order valence-electron chi connectivity index (χ3n) is 4.32. The van der Waals surface area contributed by atoms with E-state index in [1.165, 1.54) is 25.7 Å². The lowest BCUT2D eigenvalue weighted by molar-refractivity contribution is 0.0922. The summed E-state index contributed by atoms with van der Waals surface area (Å²) in [6.07, 6.45) is 7.37. The fourth-order valence-electron chi connectivity index (χ4n) is 3.17. The van der Waals surface area contributed by atoms with E-state index in [1.807, 2.05) is 31.3 Å². The van der Waals surface area contributed by atoms with Gasteiger partial charge in [-0.25, -0.2) is 0 Å². The monoisotopic (exact) mass is 274 g/mol. The van der Waals surface area contributed by atoms with Crippen LogP contribution < -0.4 is 10.6 Å². The van der Waals surface area contributed by atoms with Gasteiger partial charge in [0, 0.05) is 18.8 Å². The molecule has 1 aliphatic rings. The van der Waals surface area contributed by atoms with Crippen molar-refractivity contribution in [3.63, 3.8) is 0 Å². The van der Waals surface area contributed by atoms with Crippen LogP contribution in [0.1, 0.15) is 55.8 Å². The topological polar surface area (TPSA) is 41.1 Å². The summed E-state index contributed by atoms with van der Waals surface area (Å²) in [5, 5.41) is 6.27. The van der Waals surface area contributed by atoms with Crippen LogP contribution in [0, 0.1) is 5.92 Å². The maximum atomic E-state index is 12.3. The summed E-state index contributed by atoms with van der Waals surface area (Å²) in [4.78, 5) is 12.3. The first-order valence-electron chi connectivity index (χ1n) is 7.82. The Balaban J connectivity index is 1.89. The Bertz CT molecular complexity index is 436. The fourth-order valence-corrected chi connectivity index (χ4v) is 3.17. The molecule has 0 unspecified atom stereocenters. The molecule has 2 rings (SSSR count). The second-order valence-electron chi connectivity index (χ2n) is 5.78. The molecular weight excluding hydrogens is 248 g/mol. The van der Waals surface area contributed by atoms with Crippen LogP contribution in [0.25, 0.3) is 0 Å². The van der Waals surface area contributed by atoms with Gasteiger partial charge in [-0.3, -0.25) is 4.79 Å². The van der Waals surface area contributed by atoms with Crippen LogP contribution in [0.15, 0.2) is 24.3 Å². The number of benzene rings is 1. The van der Waals surface area contributed by atoms with Crippen molar-refractivity contribution in [3.8, 4) is 0 Å². The van der Waals surface area contributed by atoms with Gasteiger partial charge in [0.15, 0.2) is 0 Å². The van der Waals surface area contributed by atoms with E-state index >= 15 is 0 Å². The van der Waals surface area contributed by atoms with Crippen molar-refractivity contribution in [1.29, 1.82) is 0 Å². The van der Waals surface area contributed by atoms with Crippen molar-refractivity contribution >= 4 is 11.6 Å². The predicted octanol–water partition coefficient (Wildman–Crippen LogP) is 3.82. The molecule has 1 saturated carbocycles. The third-order valence-corrected chi connectivity index (χ3v) is 4.32. The number of anilines is 1. The first-order chi connectivity index (χ1) is 9.74. The highest BCUT2D eigenvalue weighted by Gasteiger charge is 2.22. The van der Waals surface area contributed by atoms with Crippen LogP contribution >= 0.6 is 0 Å². The third kappa shape index (κ3) is 3.75. The standard InChI is InChI=1S/C17H26N2O/c1-3-6-13-9-11-14(12-10-13)19-17(20)15-7-4-5-8-16(15)18-2/h4-5,7-8,13-14,18H,3,6,9-12H2,1-2H3,(H,19,20). The Hall–Kier alpha value is -1.51. The van der Waals surface area contributed by atoms with Crippen molar-refractivity contribution in [1.82, 2.24) is 5.32 Å². The highest BCUT2D eigenvalue weighted by molar-refractivity contribution is 5.99. The second kappa shape index (κ2) is 7.32. The molecule has 2 N–H and O–H groups in total. The van der Waals surface area contributed by atoms with Crippen LogP contribution in [0.2, 0.25) is 0 Å². The molecule has 1 aliphatic carbocycles. The molecule has 0 bridgehead atoms. The lowest BCUT2D eigenvalue weighted by atomic mass is 9.83. The molecule has 0 aliphatic heterocycles. The SMILES string of the molecule is CCCC1CCC(NC(=O)c2ccccc2NC)CC1. The summed E-state index contributed by atoms with van der Waals surface area (Å²) >= 11 is 0. The Kier molecular flexibility index (Phi) is 5.45. The quantitative estimate of drug-likeness (QED) is 0.857. The van der Waals surface area contributed by atoms with Gasteiger partial charge in [0.2, 0.25) is 0 Å². The summed E-state index contributed by atoms with van der Waals surface area (Å²) in [6.45, 7) is 2.25. The average Bonchev–Trinajstić information content (AvgIpc) is 2.49. The van der Waals surface area contributed by atoms with Crippen LogP contribution in [-0.2, 0) is 0 Å². The van der Waals surface area contributed by atoms with Gasteiger partial charge in [-0.05, 0) is 43.7 Å². The van der Waals surface area contributed by atoms with E-state index in [0.29, 0.717) is 6.04 Å². The largest absolute Gasteiger partial charge is 0.387 e. The summed E-state index contributed by atoms with van der Waals surface area (Å²) < 4.78 is 0. The smallest absolute Gasteiger partial charge is 0.253 e. The van der Waals surface area contributed by atoms with Crippen molar-refractivity contribution in [3.05, 3.63) is 29.8 Å². The minimum atomic E-state index is 0.0499. The normalized spacial score (nSPS) is 22.3. The van der Waals surface area contributed by atoms with Crippen LogP contribution in [0.5, 0.6) is 0 Å². The number of nitrogens with one attached hydrogen (secondary N) is 2. The number of amides is 1. The Labute approximate surface area is 122 Å². The van der Waals surface area contributed by atoms with Crippen molar-refractivity contribution < 1.29 is 4.79 Å². The van der Waals surface area contributed by atoms with Gasteiger partial charge in [-0.2, -0.15) is 0 Å². The minimum Gasteiger partial charge on any atom is -0.387 e. The Morgan fingerprint density at radius 1 is 1.20 bits per heavy atom. The molecule has 1 fully saturated rings. The average molecular weight is 274 g/mol. The molecule has 0 spiro atoms. The number of carbonyl (C=O) groups is 1. The fraction of sp³-hybridized carbons (Fsp3) is 0.588. The molecule has 0 aromatic heterocycles. The van der Waals surface area contributed by atoms with E-state index in [1.54, 1.807) is 0 Å². The van der Waals surface area contributed by atoms with Crippen LogP contribution in [0.4, 0.5) is 5.69 Å². The van der Waals surface area contributed by atoms with Crippen LogP contribution in [-0.4, -0.2) is 19.0 Å². The van der Waals surface area contributed by atoms with Gasteiger partial charge in [-0.1, -0.05) is 31.9 Å². The first-order valence-corrected chi connectivity index (χ1v) is 7.82. The molecule has 1 amide bonds. The zero-order valence-electron chi connectivity index (χ0n) is 12.6. The van der Waals surface area contributed by atoms with Gasteiger partial charge in [0.1, 0.15) is 0 Å². The molecule has 1 aromatic carbocycles. The zero-order valence-corrected chi connectivity index (χ0v) is 12.6. The molecule has 0 heterocycles. The van der Waals surface area contributed by atoms with E-state index in [-0.39, 0.29) is 5.91 Å². The predicted molar refractivity (Wildman–Crippen MR) is 84.1 cm³/mol. The highest BCUT2D eigenvalue weighted by Crippen LogP contribution is 2.28. The maximum Gasteiger partial charge on any atom is 0.253 e. The number of hydrogen-bond acceptors (Lipinski definition) is 2. The second-order valence-corrected chi connectivity index (χ2v) is 5.78. The summed E-state index contributed by atoms with van der Waals surface area (Å²) in [7, 11) is 1.85. The lowest BCUT2D eigenvalue weighted by Gasteiger charge is -2.29. The molecule has 110 valence electrons. The van der Waals surface area contributed by atoms with E-state index in [9.17, 15) is 4.79 Å². The summed E-state index contributed by atoms with van der Waals surface area (Å²) in [5.41, 5.74) is 1.63. The first kappa shape index (κ1) is 14.9. The lowest BCUT2D eigenvalue weighted by Crippen LogP contribution is -2.37. The molecule has 3 nitrogen and oxygen atoms in total. The number of para-hydroxylation sites is 1. The Morgan fingerprint density at radius 2 is 1.90 bits per heavy atom. The van der Waals surface area contributed by atoms with Crippen molar-refractivity contribution in [2.45, 2.75) is 51.5 Å². The van der Waals surface area contributed by atoms with E-state index in [4.69, 9.17) is 0 Å². The van der Waals surface area contributed by atoms with Gasteiger partial charge in [-0.15, -0.1) is 0 Å². The highest BCUT2D eigenvalue weighted by atomic mass is 16.1. The van der Waals surface area contributed by atoms with E-state index in [0.717, 1.165) is 30.0 Å². The number of rotatable bonds is 5. The molecule has 0 atom stereocenters. The van der Waals surface area contributed by atoms with E-state index < -0.39 is 0 Å². The van der Waals surface area contributed by atoms with Crippen molar-refractivity contribution in [2.24, 2.45) is 5.92 Å². The number of carbonyl (C=O) groups excluding carboxylic acids is 1. The summed E-state index contributed by atoms with van der Waals surface area (Å²) in [5.74, 6) is 0.923. The molecule has 0 radical (unpaired) electrons. The molecule has 20 heavy (non-hydrogen) atoms. The van der Waals surface area contributed by atoms with Gasteiger partial charge >= 0.3 is 0 Å². The van der Waals surface area contributed by atoms with Gasteiger partial charge in [0.05, 0.1) is 5.56 Å². The van der Waals surface area contributed by atoms with E-state index in [2.05, 4.69) is 17.6 Å². The maximum absolute atomic E-state index is 12.3. The molecule has 1 aromatic rings. The zero-order chi connectivity index (χ0) is 14.4.